The fourth-order valence-corrected chi connectivity index (χ4v) is 3.89. The lowest BCUT2D eigenvalue weighted by Crippen LogP contribution is -2.39. The number of carbonyl (C=O) groups is 1. The number of aromatic hydroxyl groups is 1. The van der Waals surface area contributed by atoms with Crippen molar-refractivity contribution in [2.45, 2.75) is 13.5 Å². The monoisotopic (exact) mass is 486 g/mol. The van der Waals surface area contributed by atoms with Gasteiger partial charge in [0.05, 0.1) is 11.4 Å². The van der Waals surface area contributed by atoms with Crippen LogP contribution in [0.5, 0.6) is 5.88 Å². The Morgan fingerprint density at radius 1 is 1.06 bits per heavy atom. The Morgan fingerprint density at radius 3 is 2.33 bits per heavy atom. The lowest BCUT2D eigenvalue weighted by molar-refractivity contribution is -0.118. The Kier molecular flexibility index (Phi) is 7.78. The molecule has 10 heteroatoms. The predicted octanol–water partition coefficient (Wildman–Crippen LogP) is 2.88. The molecule has 33 heavy (non-hydrogen) atoms. The van der Waals surface area contributed by atoms with E-state index < -0.39 is 17.1 Å². The van der Waals surface area contributed by atoms with E-state index >= 15 is 0 Å². The maximum atomic E-state index is 12.8. The molecule has 0 spiro atoms. The van der Waals surface area contributed by atoms with Gasteiger partial charge in [-0.05, 0) is 36.8 Å². The standard InChI is InChI=1S/C23H23ClN4O4S/c1-14-4-6-15(7-5-14)12-25-18(29)13-33-20(26-17-10-8-16(24)9-11-17)19-21(30)27(2)23(32)28(3)22(19)31/h4-11,30H,12-13H2,1-3H3,(H,25,29). The summed E-state index contributed by atoms with van der Waals surface area (Å²) in [7, 11) is 2.66. The summed E-state index contributed by atoms with van der Waals surface area (Å²) in [6.45, 7) is 2.34. The third-order valence-electron chi connectivity index (χ3n) is 4.86. The third-order valence-corrected chi connectivity index (χ3v) is 6.08. The van der Waals surface area contributed by atoms with Crippen LogP contribution in [0.3, 0.4) is 0 Å². The van der Waals surface area contributed by atoms with Gasteiger partial charge in [-0.25, -0.2) is 9.79 Å². The lowest BCUT2D eigenvalue weighted by Gasteiger charge is -2.12. The van der Waals surface area contributed by atoms with Crippen LogP contribution in [-0.2, 0) is 25.4 Å². The van der Waals surface area contributed by atoms with Crippen LogP contribution in [0.15, 0.2) is 63.1 Å². The highest BCUT2D eigenvalue weighted by Crippen LogP contribution is 2.24. The second kappa shape index (κ2) is 10.5. The number of hydrogen-bond donors (Lipinski definition) is 2. The Labute approximate surface area is 199 Å². The molecule has 1 aromatic heterocycles. The summed E-state index contributed by atoms with van der Waals surface area (Å²) < 4.78 is 1.83. The average Bonchev–Trinajstić information content (AvgIpc) is 2.81. The molecule has 2 N–H and O–H groups in total. The topological polar surface area (TPSA) is 106 Å². The maximum absolute atomic E-state index is 12.8. The highest BCUT2D eigenvalue weighted by Gasteiger charge is 2.21. The molecular weight excluding hydrogens is 464 g/mol. The summed E-state index contributed by atoms with van der Waals surface area (Å²) in [5.74, 6) is -0.849. The van der Waals surface area contributed by atoms with Crippen molar-refractivity contribution in [3.05, 3.63) is 91.1 Å². The largest absolute Gasteiger partial charge is 0.494 e. The van der Waals surface area contributed by atoms with Crippen molar-refractivity contribution in [3.63, 3.8) is 0 Å². The molecule has 0 aliphatic carbocycles. The lowest BCUT2D eigenvalue weighted by atomic mass is 10.1. The third kappa shape index (κ3) is 5.94. The van der Waals surface area contributed by atoms with Crippen LogP contribution in [-0.4, -0.2) is 30.9 Å². The van der Waals surface area contributed by atoms with Crippen LogP contribution in [0.4, 0.5) is 5.69 Å². The molecule has 0 fully saturated rings. The smallest absolute Gasteiger partial charge is 0.333 e. The highest BCUT2D eigenvalue weighted by molar-refractivity contribution is 8.15. The number of aromatic nitrogens is 2. The second-order valence-corrected chi connectivity index (χ2v) is 8.75. The van der Waals surface area contributed by atoms with Gasteiger partial charge in [0.25, 0.3) is 5.56 Å². The molecule has 2 aromatic carbocycles. The average molecular weight is 487 g/mol. The van der Waals surface area contributed by atoms with E-state index in [1.54, 1.807) is 24.3 Å². The number of aliphatic imine (C=N–C) groups is 1. The number of thioether (sulfide) groups is 1. The molecule has 0 saturated heterocycles. The molecule has 0 unspecified atom stereocenters. The van der Waals surface area contributed by atoms with Crippen LogP contribution in [0.1, 0.15) is 16.7 Å². The number of hydrogen-bond acceptors (Lipinski definition) is 6. The van der Waals surface area contributed by atoms with Crippen molar-refractivity contribution in [1.82, 2.24) is 14.5 Å². The van der Waals surface area contributed by atoms with Gasteiger partial charge in [0.1, 0.15) is 10.6 Å². The van der Waals surface area contributed by atoms with E-state index in [1.165, 1.54) is 14.1 Å². The summed E-state index contributed by atoms with van der Waals surface area (Å²) in [6, 6.07) is 14.3. The van der Waals surface area contributed by atoms with Crippen molar-refractivity contribution in [1.29, 1.82) is 0 Å². The van der Waals surface area contributed by atoms with E-state index in [4.69, 9.17) is 11.6 Å². The summed E-state index contributed by atoms with van der Waals surface area (Å²) in [5.41, 5.74) is 1.01. The molecule has 1 heterocycles. The number of halogens is 1. The fourth-order valence-electron chi connectivity index (χ4n) is 2.91. The zero-order valence-corrected chi connectivity index (χ0v) is 19.9. The van der Waals surface area contributed by atoms with Crippen LogP contribution in [0, 0.1) is 6.92 Å². The normalized spacial score (nSPS) is 11.5. The van der Waals surface area contributed by atoms with Crippen molar-refractivity contribution in [2.24, 2.45) is 19.1 Å². The van der Waals surface area contributed by atoms with Gasteiger partial charge in [0.2, 0.25) is 11.8 Å². The number of aryl methyl sites for hydroxylation is 1. The number of nitrogens with zero attached hydrogens (tertiary/aromatic N) is 3. The molecule has 3 rings (SSSR count). The number of nitrogens with one attached hydrogen (secondary N) is 1. The van der Waals surface area contributed by atoms with E-state index in [1.807, 2.05) is 31.2 Å². The Hall–Kier alpha value is -3.30. The van der Waals surface area contributed by atoms with Gasteiger partial charge in [-0.1, -0.05) is 53.2 Å². The van der Waals surface area contributed by atoms with Gasteiger partial charge in [-0.15, -0.1) is 0 Å². The van der Waals surface area contributed by atoms with Gasteiger partial charge in [-0.2, -0.15) is 0 Å². The second-order valence-electron chi connectivity index (χ2n) is 7.35. The summed E-state index contributed by atoms with van der Waals surface area (Å²) >= 11 is 6.92. The number of rotatable bonds is 6. The summed E-state index contributed by atoms with van der Waals surface area (Å²) in [4.78, 5) is 41.9. The highest BCUT2D eigenvalue weighted by atomic mass is 35.5. The van der Waals surface area contributed by atoms with Gasteiger partial charge in [-0.3, -0.25) is 18.7 Å². The van der Waals surface area contributed by atoms with Gasteiger partial charge < -0.3 is 10.4 Å². The number of benzene rings is 2. The molecule has 1 amide bonds. The van der Waals surface area contributed by atoms with E-state index in [9.17, 15) is 19.5 Å². The first-order chi connectivity index (χ1) is 15.7. The quantitative estimate of drug-likeness (QED) is 0.411. The van der Waals surface area contributed by atoms with Crippen molar-refractivity contribution in [3.8, 4) is 5.88 Å². The summed E-state index contributed by atoms with van der Waals surface area (Å²) in [5, 5.41) is 14.0. The minimum absolute atomic E-state index is 0.0519. The molecule has 0 aliphatic rings. The first-order valence-electron chi connectivity index (χ1n) is 9.96. The van der Waals surface area contributed by atoms with Crippen LogP contribution < -0.4 is 16.6 Å². The number of amides is 1. The van der Waals surface area contributed by atoms with Crippen LogP contribution in [0.25, 0.3) is 0 Å². The predicted molar refractivity (Wildman–Crippen MR) is 132 cm³/mol. The molecule has 8 nitrogen and oxygen atoms in total. The molecule has 172 valence electrons. The maximum Gasteiger partial charge on any atom is 0.333 e. The summed E-state index contributed by atoms with van der Waals surface area (Å²) in [6.07, 6.45) is 0. The Balaban J connectivity index is 1.88. The minimum Gasteiger partial charge on any atom is -0.494 e. The van der Waals surface area contributed by atoms with Gasteiger partial charge in [0, 0.05) is 25.7 Å². The molecular formula is C23H23ClN4O4S. The van der Waals surface area contributed by atoms with E-state index in [0.29, 0.717) is 17.3 Å². The minimum atomic E-state index is -0.712. The number of carbonyl (C=O) groups excluding carboxylic acids is 1. The molecule has 0 bridgehead atoms. The molecule has 0 atom stereocenters. The van der Waals surface area contributed by atoms with E-state index in [0.717, 1.165) is 32.0 Å². The first kappa shape index (κ1) is 24.3. The zero-order valence-electron chi connectivity index (χ0n) is 18.3. The SMILES string of the molecule is Cc1ccc(CNC(=O)CSC(=Nc2ccc(Cl)cc2)c2c(O)n(C)c(=O)n(C)c2=O)cc1. The first-order valence-corrected chi connectivity index (χ1v) is 11.3. The Bertz CT molecular complexity index is 1310. The molecule has 3 aromatic rings. The van der Waals surface area contributed by atoms with E-state index in [-0.39, 0.29) is 22.3 Å². The van der Waals surface area contributed by atoms with Crippen molar-refractivity contribution in [2.75, 3.05) is 5.75 Å². The van der Waals surface area contributed by atoms with Crippen LogP contribution >= 0.6 is 23.4 Å². The van der Waals surface area contributed by atoms with Crippen molar-refractivity contribution < 1.29 is 9.90 Å². The fraction of sp³-hybridized carbons (Fsp3) is 0.217. The van der Waals surface area contributed by atoms with Gasteiger partial charge in [0.15, 0.2) is 0 Å². The Morgan fingerprint density at radius 2 is 1.70 bits per heavy atom. The molecule has 0 radical (unpaired) electrons. The molecule has 0 aliphatic heterocycles. The van der Waals surface area contributed by atoms with E-state index in [2.05, 4.69) is 10.3 Å². The van der Waals surface area contributed by atoms with Crippen molar-refractivity contribution >= 4 is 40.0 Å². The van der Waals surface area contributed by atoms with Gasteiger partial charge >= 0.3 is 5.69 Å². The zero-order chi connectivity index (χ0) is 24.1. The van der Waals surface area contributed by atoms with Crippen LogP contribution in [0.2, 0.25) is 5.02 Å². The molecule has 0 saturated carbocycles.